The maximum absolute atomic E-state index is 13.5. The standard InChI is InChI=1S/C35H41N3O8/c1-35(2,3)46-34(43)38-21-27(45-22-30(38)32(40)41)19-18-26-12-8-9-13-28(26)36-31(39)29(37-33(42)44-4)20-23-14-16-25(17-15-23)24-10-6-5-7-11-24/h5-17,27,29-30H,18-22H2,1-4H3,(H,36,39)(H,37,42)(H,40,41)/t27-,29+,30+/m1/s1. The predicted molar refractivity (Wildman–Crippen MR) is 172 cm³/mol. The van der Waals surface area contributed by atoms with Crippen LogP contribution in [0, 0.1) is 0 Å². The van der Waals surface area contributed by atoms with Crippen molar-refractivity contribution in [1.82, 2.24) is 10.2 Å². The Labute approximate surface area is 268 Å². The quantitative estimate of drug-likeness (QED) is 0.274. The summed E-state index contributed by atoms with van der Waals surface area (Å²) in [5, 5.41) is 15.2. The van der Waals surface area contributed by atoms with Gasteiger partial charge in [-0.2, -0.15) is 0 Å². The summed E-state index contributed by atoms with van der Waals surface area (Å²) >= 11 is 0. The Morgan fingerprint density at radius 2 is 1.61 bits per heavy atom. The summed E-state index contributed by atoms with van der Waals surface area (Å²) in [5.41, 5.74) is 3.56. The lowest BCUT2D eigenvalue weighted by atomic mass is 10.00. The molecule has 3 aromatic carbocycles. The van der Waals surface area contributed by atoms with E-state index < -0.39 is 47.9 Å². The average molecular weight is 632 g/mol. The van der Waals surface area contributed by atoms with Gasteiger partial charge >= 0.3 is 18.2 Å². The Hall–Kier alpha value is -4.90. The van der Waals surface area contributed by atoms with Crippen LogP contribution in [0.2, 0.25) is 0 Å². The number of hydrogen-bond donors (Lipinski definition) is 3. The Bertz CT molecular complexity index is 1500. The van der Waals surface area contributed by atoms with E-state index in [0.29, 0.717) is 18.5 Å². The third-order valence-electron chi connectivity index (χ3n) is 7.49. The van der Waals surface area contributed by atoms with Gasteiger partial charge in [0.05, 0.1) is 26.4 Å². The van der Waals surface area contributed by atoms with Crippen LogP contribution >= 0.6 is 0 Å². The second-order valence-electron chi connectivity index (χ2n) is 12.1. The molecule has 11 nitrogen and oxygen atoms in total. The van der Waals surface area contributed by atoms with Crippen LogP contribution in [0.3, 0.4) is 0 Å². The maximum Gasteiger partial charge on any atom is 0.411 e. The minimum absolute atomic E-state index is 0.0502. The molecule has 0 aliphatic carbocycles. The summed E-state index contributed by atoms with van der Waals surface area (Å²) in [6, 6.07) is 23.0. The molecule has 244 valence electrons. The molecule has 0 bridgehead atoms. The fraction of sp³-hybridized carbons (Fsp3) is 0.371. The number of amides is 3. The molecule has 1 aliphatic heterocycles. The zero-order valence-corrected chi connectivity index (χ0v) is 26.5. The number of morpholine rings is 1. The molecule has 11 heteroatoms. The monoisotopic (exact) mass is 631 g/mol. The molecule has 3 atom stereocenters. The van der Waals surface area contributed by atoms with Crippen molar-refractivity contribution in [3.8, 4) is 11.1 Å². The lowest BCUT2D eigenvalue weighted by molar-refractivity contribution is -0.153. The minimum atomic E-state index is -1.17. The van der Waals surface area contributed by atoms with Crippen molar-refractivity contribution in [3.63, 3.8) is 0 Å². The number of aliphatic carboxylic acids is 1. The smallest absolute Gasteiger partial charge is 0.411 e. The molecule has 0 radical (unpaired) electrons. The number of benzene rings is 3. The van der Waals surface area contributed by atoms with E-state index in [4.69, 9.17) is 14.2 Å². The molecule has 1 fully saturated rings. The van der Waals surface area contributed by atoms with Gasteiger partial charge in [0.2, 0.25) is 5.91 Å². The van der Waals surface area contributed by atoms with Gasteiger partial charge in [-0.15, -0.1) is 0 Å². The van der Waals surface area contributed by atoms with Crippen molar-refractivity contribution in [2.45, 2.75) is 63.8 Å². The van der Waals surface area contributed by atoms with Crippen LogP contribution < -0.4 is 10.6 Å². The lowest BCUT2D eigenvalue weighted by Gasteiger charge is -2.38. The minimum Gasteiger partial charge on any atom is -0.480 e. The fourth-order valence-corrected chi connectivity index (χ4v) is 5.12. The largest absolute Gasteiger partial charge is 0.480 e. The topological polar surface area (TPSA) is 143 Å². The number of carbonyl (C=O) groups excluding carboxylic acids is 3. The summed E-state index contributed by atoms with van der Waals surface area (Å²) in [5.74, 6) is -1.58. The van der Waals surface area contributed by atoms with Gasteiger partial charge in [-0.25, -0.2) is 14.4 Å². The van der Waals surface area contributed by atoms with Crippen LogP contribution in [0.25, 0.3) is 11.1 Å². The number of ether oxygens (including phenoxy) is 3. The maximum atomic E-state index is 13.5. The van der Waals surface area contributed by atoms with Gasteiger partial charge in [0.15, 0.2) is 6.04 Å². The first kappa shape index (κ1) is 34.0. The number of para-hydroxylation sites is 1. The lowest BCUT2D eigenvalue weighted by Crippen LogP contribution is -2.56. The van der Waals surface area contributed by atoms with Crippen LogP contribution in [0.4, 0.5) is 15.3 Å². The summed E-state index contributed by atoms with van der Waals surface area (Å²) in [7, 11) is 1.24. The zero-order chi connectivity index (χ0) is 33.3. The first-order chi connectivity index (χ1) is 21.9. The molecular formula is C35H41N3O8. The van der Waals surface area contributed by atoms with Crippen molar-refractivity contribution < 1.29 is 38.5 Å². The van der Waals surface area contributed by atoms with Gasteiger partial charge in [-0.3, -0.25) is 9.69 Å². The molecular weight excluding hydrogens is 590 g/mol. The van der Waals surface area contributed by atoms with Crippen LogP contribution in [-0.4, -0.2) is 78.1 Å². The Balaban J connectivity index is 1.43. The number of nitrogens with one attached hydrogen (secondary N) is 2. The number of carboxylic acids is 1. The number of carboxylic acid groups (broad SMARTS) is 1. The van der Waals surface area contributed by atoms with Gasteiger partial charge in [-0.1, -0.05) is 72.8 Å². The molecule has 0 spiro atoms. The molecule has 3 aromatic rings. The number of methoxy groups -OCH3 is 1. The van der Waals surface area contributed by atoms with E-state index >= 15 is 0 Å². The van der Waals surface area contributed by atoms with E-state index in [1.807, 2.05) is 66.7 Å². The molecule has 3 N–H and O–H groups in total. The van der Waals surface area contributed by atoms with Crippen molar-refractivity contribution in [2.75, 3.05) is 25.6 Å². The van der Waals surface area contributed by atoms with Crippen LogP contribution in [0.1, 0.15) is 38.3 Å². The molecule has 46 heavy (non-hydrogen) atoms. The van der Waals surface area contributed by atoms with Gasteiger partial charge in [0.1, 0.15) is 11.6 Å². The molecule has 0 aromatic heterocycles. The highest BCUT2D eigenvalue weighted by atomic mass is 16.6. The van der Waals surface area contributed by atoms with E-state index in [2.05, 4.69) is 10.6 Å². The number of alkyl carbamates (subject to hydrolysis) is 1. The SMILES string of the molecule is COC(=O)N[C@@H](Cc1ccc(-c2ccccc2)cc1)C(=O)Nc1ccccc1CC[C@@H]1CN(C(=O)OC(C)(C)C)[C@H](C(=O)O)CO1. The number of anilines is 1. The van der Waals surface area contributed by atoms with E-state index in [9.17, 15) is 24.3 Å². The molecule has 3 amide bonds. The second-order valence-corrected chi connectivity index (χ2v) is 12.1. The van der Waals surface area contributed by atoms with Crippen LogP contribution in [-0.2, 0) is 36.6 Å². The van der Waals surface area contributed by atoms with Crippen LogP contribution in [0.15, 0.2) is 78.9 Å². The van der Waals surface area contributed by atoms with E-state index in [-0.39, 0.29) is 19.6 Å². The number of rotatable bonds is 10. The third-order valence-corrected chi connectivity index (χ3v) is 7.49. The third kappa shape index (κ3) is 9.55. The number of nitrogens with zero attached hydrogens (tertiary/aromatic N) is 1. The first-order valence-electron chi connectivity index (χ1n) is 15.1. The molecule has 0 saturated carbocycles. The van der Waals surface area contributed by atoms with Gasteiger partial charge in [0.25, 0.3) is 0 Å². The van der Waals surface area contributed by atoms with Crippen molar-refractivity contribution in [1.29, 1.82) is 0 Å². The van der Waals surface area contributed by atoms with Crippen molar-refractivity contribution in [3.05, 3.63) is 90.0 Å². The number of hydrogen-bond acceptors (Lipinski definition) is 7. The highest BCUT2D eigenvalue weighted by Gasteiger charge is 2.39. The van der Waals surface area contributed by atoms with E-state index in [0.717, 1.165) is 22.3 Å². The fourth-order valence-electron chi connectivity index (χ4n) is 5.12. The van der Waals surface area contributed by atoms with Crippen LogP contribution in [0.5, 0.6) is 0 Å². The molecule has 1 aliphatic rings. The van der Waals surface area contributed by atoms with E-state index in [1.165, 1.54) is 12.0 Å². The summed E-state index contributed by atoms with van der Waals surface area (Å²) < 4.78 is 16.0. The van der Waals surface area contributed by atoms with Crippen molar-refractivity contribution >= 4 is 29.8 Å². The zero-order valence-electron chi connectivity index (χ0n) is 26.5. The van der Waals surface area contributed by atoms with Gasteiger partial charge in [0, 0.05) is 12.1 Å². The Morgan fingerprint density at radius 1 is 0.957 bits per heavy atom. The summed E-state index contributed by atoms with van der Waals surface area (Å²) in [4.78, 5) is 51.5. The normalized spacial score (nSPS) is 17.0. The highest BCUT2D eigenvalue weighted by Crippen LogP contribution is 2.24. The van der Waals surface area contributed by atoms with Crippen molar-refractivity contribution in [2.24, 2.45) is 0 Å². The number of carbonyl (C=O) groups is 4. The predicted octanol–water partition coefficient (Wildman–Crippen LogP) is 5.28. The highest BCUT2D eigenvalue weighted by molar-refractivity contribution is 5.97. The Morgan fingerprint density at radius 3 is 2.26 bits per heavy atom. The molecule has 4 rings (SSSR count). The average Bonchev–Trinajstić information content (AvgIpc) is 3.03. The molecule has 1 heterocycles. The van der Waals surface area contributed by atoms with Gasteiger partial charge < -0.3 is 30.0 Å². The molecule has 1 saturated heterocycles. The summed E-state index contributed by atoms with van der Waals surface area (Å²) in [6.45, 7) is 5.05. The molecule has 0 unspecified atom stereocenters. The first-order valence-corrected chi connectivity index (χ1v) is 15.1. The Kier molecular flexibility index (Phi) is 11.4. The summed E-state index contributed by atoms with van der Waals surface area (Å²) in [6.07, 6.45) is -0.718. The second kappa shape index (κ2) is 15.4. The number of aryl methyl sites for hydroxylation is 1. The van der Waals surface area contributed by atoms with Gasteiger partial charge in [-0.05, 0) is 61.9 Å². The van der Waals surface area contributed by atoms with E-state index in [1.54, 1.807) is 32.9 Å².